The van der Waals surface area contributed by atoms with Crippen LogP contribution in [0.3, 0.4) is 0 Å². The van der Waals surface area contributed by atoms with E-state index in [1.807, 2.05) is 0 Å². The first-order valence-electron chi connectivity index (χ1n) is 5.95. The lowest BCUT2D eigenvalue weighted by molar-refractivity contribution is -0.144. The summed E-state index contributed by atoms with van der Waals surface area (Å²) in [5.74, 6) is 0.112. The van der Waals surface area contributed by atoms with Gasteiger partial charge in [-0.15, -0.1) is 11.8 Å². The molecule has 0 spiro atoms. The molecule has 1 fully saturated rings. The predicted molar refractivity (Wildman–Crippen MR) is 75.7 cm³/mol. The summed E-state index contributed by atoms with van der Waals surface area (Å²) < 4.78 is 5.01. The fraction of sp³-hybridized carbons (Fsp3) is 0.308. The van der Waals surface area contributed by atoms with Crippen molar-refractivity contribution < 1.29 is 19.1 Å². The molecule has 0 unspecified atom stereocenters. The van der Waals surface area contributed by atoms with Gasteiger partial charge in [-0.1, -0.05) is 0 Å². The number of carbonyl (C=O) groups excluding carboxylic acids is 3. The second-order valence-corrected chi connectivity index (χ2v) is 5.13. The van der Waals surface area contributed by atoms with Crippen LogP contribution in [0.15, 0.2) is 24.3 Å². The molecule has 1 aliphatic rings. The Bertz CT molecular complexity index is 514. The number of amides is 3. The molecule has 7 heteroatoms. The number of methoxy groups -OCH3 is 1. The van der Waals surface area contributed by atoms with Crippen LogP contribution in [-0.2, 0) is 14.4 Å². The van der Waals surface area contributed by atoms with Crippen LogP contribution in [0.2, 0.25) is 0 Å². The highest BCUT2D eigenvalue weighted by molar-refractivity contribution is 8.00. The summed E-state index contributed by atoms with van der Waals surface area (Å²) in [5.41, 5.74) is 0.585. The molecular formula is C13H14N2O4S. The topological polar surface area (TPSA) is 75.7 Å². The molecular weight excluding hydrogens is 280 g/mol. The fourth-order valence-corrected chi connectivity index (χ4v) is 2.48. The molecule has 0 saturated carbocycles. The number of rotatable bonds is 4. The van der Waals surface area contributed by atoms with Crippen molar-refractivity contribution in [2.45, 2.75) is 0 Å². The first-order valence-corrected chi connectivity index (χ1v) is 7.10. The van der Waals surface area contributed by atoms with Crippen LogP contribution in [0.25, 0.3) is 0 Å². The molecule has 1 aromatic carbocycles. The third-order valence-corrected chi connectivity index (χ3v) is 3.63. The molecule has 3 amide bonds. The quantitative estimate of drug-likeness (QED) is 0.829. The second-order valence-electron chi connectivity index (χ2n) is 4.14. The van der Waals surface area contributed by atoms with Crippen molar-refractivity contribution in [2.24, 2.45) is 0 Å². The van der Waals surface area contributed by atoms with Crippen LogP contribution < -0.4 is 10.1 Å². The number of imide groups is 1. The Hall–Kier alpha value is -2.02. The minimum absolute atomic E-state index is 0.238. The Balaban J connectivity index is 1.94. The first kappa shape index (κ1) is 14.4. The Labute approximate surface area is 120 Å². The molecule has 6 nitrogen and oxygen atoms in total. The highest BCUT2D eigenvalue weighted by Gasteiger charge is 2.28. The average Bonchev–Trinajstić information content (AvgIpc) is 2.44. The summed E-state index contributed by atoms with van der Waals surface area (Å²) in [6.07, 6.45) is 0. The molecule has 0 aromatic heterocycles. The van der Waals surface area contributed by atoms with Gasteiger partial charge in [0.25, 0.3) is 0 Å². The van der Waals surface area contributed by atoms with Gasteiger partial charge in [0.05, 0.1) is 18.6 Å². The number of hydrogen-bond donors (Lipinski definition) is 1. The van der Waals surface area contributed by atoms with Gasteiger partial charge in [0.1, 0.15) is 12.3 Å². The van der Waals surface area contributed by atoms with Crippen LogP contribution in [0, 0.1) is 0 Å². The van der Waals surface area contributed by atoms with Crippen molar-refractivity contribution in [3.63, 3.8) is 0 Å². The number of ether oxygens (including phenoxy) is 1. The van der Waals surface area contributed by atoms with Gasteiger partial charge in [0.2, 0.25) is 17.7 Å². The lowest BCUT2D eigenvalue weighted by atomic mass is 10.3. The maximum Gasteiger partial charge on any atom is 0.244 e. The Morgan fingerprint density at radius 3 is 2.40 bits per heavy atom. The maximum atomic E-state index is 11.8. The van der Waals surface area contributed by atoms with Gasteiger partial charge >= 0.3 is 0 Å². The van der Waals surface area contributed by atoms with Crippen molar-refractivity contribution in [2.75, 3.05) is 30.5 Å². The molecule has 1 saturated heterocycles. The number of anilines is 1. The third kappa shape index (κ3) is 3.51. The number of nitrogens with one attached hydrogen (secondary N) is 1. The van der Waals surface area contributed by atoms with Crippen molar-refractivity contribution >= 4 is 35.2 Å². The fourth-order valence-electron chi connectivity index (χ4n) is 1.72. The molecule has 1 N–H and O–H groups in total. The first-order chi connectivity index (χ1) is 9.60. The molecule has 1 aliphatic heterocycles. The predicted octanol–water partition coefficient (Wildman–Crippen LogP) is 0.736. The van der Waals surface area contributed by atoms with Crippen LogP contribution in [-0.4, -0.2) is 47.8 Å². The lowest BCUT2D eigenvalue weighted by Crippen LogP contribution is -2.46. The Morgan fingerprint density at radius 2 is 1.85 bits per heavy atom. The smallest absolute Gasteiger partial charge is 0.244 e. The van der Waals surface area contributed by atoms with E-state index in [0.29, 0.717) is 11.4 Å². The van der Waals surface area contributed by atoms with E-state index in [0.717, 1.165) is 4.90 Å². The summed E-state index contributed by atoms with van der Waals surface area (Å²) in [7, 11) is 1.55. The number of carbonyl (C=O) groups is 3. The largest absolute Gasteiger partial charge is 0.497 e. The number of benzene rings is 1. The molecule has 1 heterocycles. The van der Waals surface area contributed by atoms with E-state index < -0.39 is 5.91 Å². The highest BCUT2D eigenvalue weighted by Crippen LogP contribution is 2.16. The summed E-state index contributed by atoms with van der Waals surface area (Å²) in [6.45, 7) is -0.246. The van der Waals surface area contributed by atoms with E-state index in [2.05, 4.69) is 5.32 Å². The minimum atomic E-state index is -0.399. The van der Waals surface area contributed by atoms with Gasteiger partial charge in [-0.2, -0.15) is 0 Å². The molecule has 0 bridgehead atoms. The van der Waals surface area contributed by atoms with Gasteiger partial charge in [-0.3, -0.25) is 19.3 Å². The zero-order valence-corrected chi connectivity index (χ0v) is 11.7. The van der Waals surface area contributed by atoms with E-state index in [4.69, 9.17) is 4.74 Å². The monoisotopic (exact) mass is 294 g/mol. The standard InChI is InChI=1S/C13H14N2O4S/c1-19-10-4-2-9(3-5-10)14-11(16)6-15-12(17)7-20-8-13(15)18/h2-5H,6-8H2,1H3,(H,14,16). The number of hydrogen-bond acceptors (Lipinski definition) is 5. The van der Waals surface area contributed by atoms with Crippen molar-refractivity contribution in [1.82, 2.24) is 4.90 Å². The molecule has 0 aliphatic carbocycles. The Morgan fingerprint density at radius 1 is 1.25 bits per heavy atom. The van der Waals surface area contributed by atoms with Gasteiger partial charge in [-0.25, -0.2) is 0 Å². The molecule has 2 rings (SSSR count). The molecule has 0 atom stereocenters. The van der Waals surface area contributed by atoms with Crippen molar-refractivity contribution in [3.8, 4) is 5.75 Å². The summed E-state index contributed by atoms with van der Waals surface area (Å²) in [5, 5.41) is 2.63. The van der Waals surface area contributed by atoms with E-state index in [9.17, 15) is 14.4 Å². The van der Waals surface area contributed by atoms with Gasteiger partial charge in [0, 0.05) is 5.69 Å². The second kappa shape index (κ2) is 6.42. The number of nitrogens with zero attached hydrogens (tertiary/aromatic N) is 1. The van der Waals surface area contributed by atoms with E-state index in [1.54, 1.807) is 31.4 Å². The van der Waals surface area contributed by atoms with E-state index in [-0.39, 0.29) is 29.9 Å². The third-order valence-electron chi connectivity index (χ3n) is 2.73. The van der Waals surface area contributed by atoms with Crippen molar-refractivity contribution in [1.29, 1.82) is 0 Å². The molecule has 106 valence electrons. The molecule has 0 radical (unpaired) electrons. The van der Waals surface area contributed by atoms with E-state index >= 15 is 0 Å². The van der Waals surface area contributed by atoms with Crippen LogP contribution in [0.5, 0.6) is 5.75 Å². The SMILES string of the molecule is COc1ccc(NC(=O)CN2C(=O)CSCC2=O)cc1. The normalized spacial score (nSPS) is 15.2. The average molecular weight is 294 g/mol. The van der Waals surface area contributed by atoms with Crippen LogP contribution in [0.4, 0.5) is 5.69 Å². The van der Waals surface area contributed by atoms with E-state index in [1.165, 1.54) is 11.8 Å². The minimum Gasteiger partial charge on any atom is -0.497 e. The van der Waals surface area contributed by atoms with Gasteiger partial charge in [-0.05, 0) is 24.3 Å². The summed E-state index contributed by atoms with van der Waals surface area (Å²) in [4.78, 5) is 36.0. The summed E-state index contributed by atoms with van der Waals surface area (Å²) >= 11 is 1.26. The summed E-state index contributed by atoms with van der Waals surface area (Å²) in [6, 6.07) is 6.80. The van der Waals surface area contributed by atoms with Gasteiger partial charge in [0.15, 0.2) is 0 Å². The van der Waals surface area contributed by atoms with Crippen LogP contribution >= 0.6 is 11.8 Å². The lowest BCUT2D eigenvalue weighted by Gasteiger charge is -2.23. The van der Waals surface area contributed by atoms with Crippen molar-refractivity contribution in [3.05, 3.63) is 24.3 Å². The van der Waals surface area contributed by atoms with Gasteiger partial charge < -0.3 is 10.1 Å². The zero-order valence-electron chi connectivity index (χ0n) is 10.9. The van der Waals surface area contributed by atoms with Crippen LogP contribution in [0.1, 0.15) is 0 Å². The highest BCUT2D eigenvalue weighted by atomic mass is 32.2. The maximum absolute atomic E-state index is 11.8. The molecule has 20 heavy (non-hydrogen) atoms. The Kier molecular flexibility index (Phi) is 4.62. The zero-order chi connectivity index (χ0) is 14.5. The number of thioether (sulfide) groups is 1. The molecule has 1 aromatic rings.